The Bertz CT molecular complexity index is 459. The van der Waals surface area contributed by atoms with Crippen molar-refractivity contribution in [1.29, 1.82) is 0 Å². The Kier molecular flexibility index (Phi) is 5.49. The van der Waals surface area contributed by atoms with Crippen LogP contribution < -0.4 is 10.6 Å². The maximum absolute atomic E-state index is 13.5. The molecule has 1 fully saturated rings. The van der Waals surface area contributed by atoms with Gasteiger partial charge in [-0.1, -0.05) is 6.07 Å². The molecule has 20 heavy (non-hydrogen) atoms. The van der Waals surface area contributed by atoms with E-state index in [1.54, 1.807) is 12.1 Å². The molecule has 0 spiro atoms. The third-order valence-corrected chi connectivity index (χ3v) is 3.54. The van der Waals surface area contributed by atoms with Crippen molar-refractivity contribution in [3.8, 4) is 0 Å². The number of hydrogen-bond donors (Lipinski definition) is 2. The molecule has 1 saturated heterocycles. The van der Waals surface area contributed by atoms with Gasteiger partial charge in [0, 0.05) is 25.8 Å². The molecule has 0 radical (unpaired) electrons. The number of halogens is 1. The van der Waals surface area contributed by atoms with Gasteiger partial charge in [-0.05, 0) is 37.1 Å². The Morgan fingerprint density at radius 1 is 1.55 bits per heavy atom. The van der Waals surface area contributed by atoms with Crippen LogP contribution >= 0.6 is 0 Å². The summed E-state index contributed by atoms with van der Waals surface area (Å²) in [4.78, 5) is 12.0. The Morgan fingerprint density at radius 3 is 3.10 bits per heavy atom. The molecular weight excluding hydrogens is 259 g/mol. The topological polar surface area (TPSA) is 50.4 Å². The lowest BCUT2D eigenvalue weighted by atomic mass is 9.99. The highest BCUT2D eigenvalue weighted by molar-refractivity contribution is 5.78. The summed E-state index contributed by atoms with van der Waals surface area (Å²) in [7, 11) is 1.53. The Balaban J connectivity index is 1.89. The number of nitrogens with one attached hydrogen (secondary N) is 2. The lowest BCUT2D eigenvalue weighted by Gasteiger charge is -2.22. The van der Waals surface area contributed by atoms with E-state index in [0.29, 0.717) is 12.1 Å². The minimum atomic E-state index is -0.279. The molecule has 1 aromatic carbocycles. The number of amides is 1. The van der Waals surface area contributed by atoms with Crippen molar-refractivity contribution in [3.63, 3.8) is 0 Å². The van der Waals surface area contributed by atoms with Crippen LogP contribution in [0.15, 0.2) is 18.2 Å². The smallest absolute Gasteiger partial charge is 0.224 e. The maximum Gasteiger partial charge on any atom is 0.224 e. The van der Waals surface area contributed by atoms with E-state index >= 15 is 0 Å². The number of hydrogen-bond acceptors (Lipinski definition) is 3. The molecule has 0 aromatic heterocycles. The van der Waals surface area contributed by atoms with E-state index in [1.807, 2.05) is 0 Å². The van der Waals surface area contributed by atoms with Crippen LogP contribution in [0, 0.1) is 11.7 Å². The van der Waals surface area contributed by atoms with E-state index in [2.05, 4.69) is 10.6 Å². The summed E-state index contributed by atoms with van der Waals surface area (Å²) in [6.45, 7) is 2.39. The Hall–Kier alpha value is -1.46. The molecule has 0 saturated carbocycles. The molecule has 1 aliphatic rings. The van der Waals surface area contributed by atoms with Crippen molar-refractivity contribution < 1.29 is 13.9 Å². The number of methoxy groups -OCH3 is 1. The van der Waals surface area contributed by atoms with E-state index in [4.69, 9.17) is 4.74 Å². The number of benzene rings is 1. The summed E-state index contributed by atoms with van der Waals surface area (Å²) in [5, 5.41) is 6.14. The van der Waals surface area contributed by atoms with Crippen molar-refractivity contribution in [2.24, 2.45) is 5.92 Å². The van der Waals surface area contributed by atoms with E-state index in [-0.39, 0.29) is 24.2 Å². The van der Waals surface area contributed by atoms with Crippen molar-refractivity contribution in [1.82, 2.24) is 10.6 Å². The Labute approximate surface area is 118 Å². The quantitative estimate of drug-likeness (QED) is 0.861. The number of ether oxygens (including phenoxy) is 1. The first kappa shape index (κ1) is 14.9. The highest BCUT2D eigenvalue weighted by Gasteiger charge is 2.20. The van der Waals surface area contributed by atoms with Gasteiger partial charge in [-0.2, -0.15) is 0 Å². The normalized spacial score (nSPS) is 18.8. The molecule has 1 heterocycles. The molecule has 1 aliphatic heterocycles. The van der Waals surface area contributed by atoms with E-state index < -0.39 is 0 Å². The van der Waals surface area contributed by atoms with Crippen molar-refractivity contribution in [2.45, 2.75) is 26.0 Å². The minimum Gasteiger partial charge on any atom is -0.380 e. The zero-order valence-corrected chi connectivity index (χ0v) is 11.7. The Morgan fingerprint density at radius 2 is 2.40 bits per heavy atom. The summed E-state index contributed by atoms with van der Waals surface area (Å²) >= 11 is 0. The molecular formula is C15H21FN2O2. The fraction of sp³-hybridized carbons (Fsp3) is 0.533. The van der Waals surface area contributed by atoms with Crippen molar-refractivity contribution in [3.05, 3.63) is 35.1 Å². The van der Waals surface area contributed by atoms with Crippen LogP contribution in [0.3, 0.4) is 0 Å². The first-order chi connectivity index (χ1) is 9.70. The van der Waals surface area contributed by atoms with Crippen molar-refractivity contribution >= 4 is 5.91 Å². The van der Waals surface area contributed by atoms with Gasteiger partial charge in [0.2, 0.25) is 5.91 Å². The standard InChI is InChI=1S/C15H21FN2O2/c1-20-10-13-7-11(4-5-14(13)16)8-18-15(19)12-3-2-6-17-9-12/h4-5,7,12,17H,2-3,6,8-10H2,1H3,(H,18,19). The molecule has 2 rings (SSSR count). The second-order valence-electron chi connectivity index (χ2n) is 5.12. The largest absolute Gasteiger partial charge is 0.380 e. The predicted molar refractivity (Wildman–Crippen MR) is 74.6 cm³/mol. The molecule has 4 nitrogen and oxygen atoms in total. The van der Waals surface area contributed by atoms with Gasteiger partial charge in [0.1, 0.15) is 5.82 Å². The van der Waals surface area contributed by atoms with Gasteiger partial charge < -0.3 is 15.4 Å². The average Bonchev–Trinajstić information content (AvgIpc) is 2.49. The third-order valence-electron chi connectivity index (χ3n) is 3.54. The molecule has 1 unspecified atom stereocenters. The van der Waals surface area contributed by atoms with Gasteiger partial charge in [0.05, 0.1) is 12.5 Å². The number of piperidine rings is 1. The summed E-state index contributed by atoms with van der Waals surface area (Å²) < 4.78 is 18.4. The zero-order chi connectivity index (χ0) is 14.4. The number of rotatable bonds is 5. The fourth-order valence-corrected chi connectivity index (χ4v) is 2.41. The van der Waals surface area contributed by atoms with Gasteiger partial charge in [-0.25, -0.2) is 4.39 Å². The molecule has 1 amide bonds. The number of carbonyl (C=O) groups is 1. The van der Waals surface area contributed by atoms with Crippen LogP contribution in [0.25, 0.3) is 0 Å². The molecule has 110 valence electrons. The number of carbonyl (C=O) groups excluding carboxylic acids is 1. The second-order valence-corrected chi connectivity index (χ2v) is 5.12. The summed E-state index contributed by atoms with van der Waals surface area (Å²) in [6, 6.07) is 4.84. The summed E-state index contributed by atoms with van der Waals surface area (Å²) in [5.41, 5.74) is 1.40. The molecule has 1 atom stereocenters. The third kappa shape index (κ3) is 4.02. The van der Waals surface area contributed by atoms with E-state index in [9.17, 15) is 9.18 Å². The van der Waals surface area contributed by atoms with Gasteiger partial charge in [0.25, 0.3) is 0 Å². The minimum absolute atomic E-state index is 0.0441. The van der Waals surface area contributed by atoms with Gasteiger partial charge in [-0.3, -0.25) is 4.79 Å². The van der Waals surface area contributed by atoms with Crippen LogP contribution in [0.1, 0.15) is 24.0 Å². The van der Waals surface area contributed by atoms with Crippen LogP contribution in [0.5, 0.6) is 0 Å². The monoisotopic (exact) mass is 280 g/mol. The maximum atomic E-state index is 13.5. The first-order valence-corrected chi connectivity index (χ1v) is 6.95. The molecule has 2 N–H and O–H groups in total. The first-order valence-electron chi connectivity index (χ1n) is 6.95. The van der Waals surface area contributed by atoms with Gasteiger partial charge in [-0.15, -0.1) is 0 Å². The molecule has 0 aliphatic carbocycles. The highest BCUT2D eigenvalue weighted by Crippen LogP contribution is 2.13. The van der Waals surface area contributed by atoms with Gasteiger partial charge in [0.15, 0.2) is 0 Å². The molecule has 0 bridgehead atoms. The van der Waals surface area contributed by atoms with E-state index in [1.165, 1.54) is 13.2 Å². The molecule has 5 heteroatoms. The SMILES string of the molecule is COCc1cc(CNC(=O)C2CCCNC2)ccc1F. The summed E-state index contributed by atoms with van der Waals surface area (Å²) in [6.07, 6.45) is 1.96. The molecule has 1 aromatic rings. The van der Waals surface area contributed by atoms with Crippen LogP contribution in [0.2, 0.25) is 0 Å². The lowest BCUT2D eigenvalue weighted by Crippen LogP contribution is -2.40. The fourth-order valence-electron chi connectivity index (χ4n) is 2.41. The zero-order valence-electron chi connectivity index (χ0n) is 11.7. The van der Waals surface area contributed by atoms with Crippen LogP contribution in [-0.4, -0.2) is 26.1 Å². The summed E-state index contributed by atoms with van der Waals surface area (Å²) in [5.74, 6) is -0.170. The van der Waals surface area contributed by atoms with E-state index in [0.717, 1.165) is 31.5 Å². The highest BCUT2D eigenvalue weighted by atomic mass is 19.1. The van der Waals surface area contributed by atoms with Gasteiger partial charge >= 0.3 is 0 Å². The van der Waals surface area contributed by atoms with Crippen LogP contribution in [-0.2, 0) is 22.7 Å². The van der Waals surface area contributed by atoms with Crippen LogP contribution in [0.4, 0.5) is 4.39 Å². The predicted octanol–water partition coefficient (Wildman–Crippen LogP) is 1.59. The average molecular weight is 280 g/mol. The second kappa shape index (κ2) is 7.36. The lowest BCUT2D eigenvalue weighted by molar-refractivity contribution is -0.125. The van der Waals surface area contributed by atoms with Crippen molar-refractivity contribution in [2.75, 3.05) is 20.2 Å².